The Morgan fingerprint density at radius 2 is 1.57 bits per heavy atom. The fourth-order valence-corrected chi connectivity index (χ4v) is 3.64. The Kier molecular flexibility index (Phi) is 6.86. The van der Waals surface area contributed by atoms with Gasteiger partial charge in [-0.25, -0.2) is 4.98 Å². The number of ether oxygens (including phenoxy) is 4. The van der Waals surface area contributed by atoms with E-state index in [0.717, 1.165) is 0 Å². The maximum atomic E-state index is 13.3. The highest BCUT2D eigenvalue weighted by Gasteiger charge is 2.13. The molecule has 0 bridgehead atoms. The molecule has 0 aliphatic carbocycles. The van der Waals surface area contributed by atoms with E-state index in [1.807, 2.05) is 0 Å². The predicted molar refractivity (Wildman–Crippen MR) is 132 cm³/mol. The van der Waals surface area contributed by atoms with Crippen LogP contribution in [-0.4, -0.2) is 43.4 Å². The molecule has 0 aliphatic heterocycles. The summed E-state index contributed by atoms with van der Waals surface area (Å²) >= 11 is 0. The van der Waals surface area contributed by atoms with Gasteiger partial charge in [-0.2, -0.15) is 0 Å². The third-order valence-corrected chi connectivity index (χ3v) is 5.39. The lowest BCUT2D eigenvalue weighted by molar-refractivity contribution is -0.118. The quantitative estimate of drug-likeness (QED) is 0.414. The van der Waals surface area contributed by atoms with Gasteiger partial charge in [-0.15, -0.1) is 0 Å². The molecule has 1 amide bonds. The van der Waals surface area contributed by atoms with Crippen LogP contribution < -0.4 is 29.8 Å². The molecule has 4 aromatic rings. The molecule has 1 aromatic heterocycles. The number of nitrogens with zero attached hydrogens (tertiary/aromatic N) is 2. The molecule has 4 rings (SSSR count). The smallest absolute Gasteiger partial charge is 0.266 e. The molecule has 9 nitrogen and oxygen atoms in total. The lowest BCUT2D eigenvalue weighted by atomic mass is 10.2. The first-order valence-corrected chi connectivity index (χ1v) is 10.8. The minimum Gasteiger partial charge on any atom is -0.497 e. The van der Waals surface area contributed by atoms with Crippen molar-refractivity contribution in [2.75, 3.05) is 33.3 Å². The standard InChI is InChI=1S/C26H25N3O6/c1-16-27-22-11-10-20(13-21(22)26(31)29(16)17-5-7-18(32-2)8-6-17)35-15-25(30)28-23-12-9-19(33-3)14-24(23)34-4/h5-14H,15H2,1-4H3,(H,28,30). The first kappa shape index (κ1) is 23.6. The molecule has 3 aromatic carbocycles. The minimum absolute atomic E-state index is 0.240. The van der Waals surface area contributed by atoms with E-state index in [1.165, 1.54) is 11.7 Å². The van der Waals surface area contributed by atoms with Crippen LogP contribution in [-0.2, 0) is 4.79 Å². The van der Waals surface area contributed by atoms with Gasteiger partial charge in [0.05, 0.1) is 43.6 Å². The summed E-state index contributed by atoms with van der Waals surface area (Å²) in [4.78, 5) is 30.3. The number of carbonyl (C=O) groups is 1. The van der Waals surface area contributed by atoms with Crippen molar-refractivity contribution < 1.29 is 23.7 Å². The number of nitrogens with one attached hydrogen (secondary N) is 1. The highest BCUT2D eigenvalue weighted by atomic mass is 16.5. The van der Waals surface area contributed by atoms with Gasteiger partial charge in [0.25, 0.3) is 11.5 Å². The summed E-state index contributed by atoms with van der Waals surface area (Å²) in [5.41, 5.74) is 1.46. The Labute approximate surface area is 201 Å². The van der Waals surface area contributed by atoms with Crippen LogP contribution in [0.2, 0.25) is 0 Å². The normalized spacial score (nSPS) is 10.6. The summed E-state index contributed by atoms with van der Waals surface area (Å²) in [6.45, 7) is 1.51. The van der Waals surface area contributed by atoms with Gasteiger partial charge in [0.1, 0.15) is 28.8 Å². The number of carbonyl (C=O) groups excluding carboxylic acids is 1. The number of benzene rings is 3. The largest absolute Gasteiger partial charge is 0.497 e. The molecule has 0 radical (unpaired) electrons. The minimum atomic E-state index is -0.383. The zero-order chi connectivity index (χ0) is 24.9. The summed E-state index contributed by atoms with van der Waals surface area (Å²) in [5, 5.41) is 3.12. The van der Waals surface area contributed by atoms with E-state index >= 15 is 0 Å². The topological polar surface area (TPSA) is 101 Å². The average Bonchev–Trinajstić information content (AvgIpc) is 2.88. The molecule has 0 saturated carbocycles. The molecule has 1 heterocycles. The van der Waals surface area contributed by atoms with E-state index < -0.39 is 0 Å². The fourth-order valence-electron chi connectivity index (χ4n) is 3.64. The number of aryl methyl sites for hydroxylation is 1. The van der Waals surface area contributed by atoms with E-state index in [9.17, 15) is 9.59 Å². The lowest BCUT2D eigenvalue weighted by Crippen LogP contribution is -2.23. The Morgan fingerprint density at radius 1 is 0.886 bits per heavy atom. The van der Waals surface area contributed by atoms with Crippen molar-refractivity contribution in [1.29, 1.82) is 0 Å². The number of hydrogen-bond donors (Lipinski definition) is 1. The zero-order valence-corrected chi connectivity index (χ0v) is 19.8. The average molecular weight is 476 g/mol. The van der Waals surface area contributed by atoms with Crippen LogP contribution in [0.1, 0.15) is 5.82 Å². The Bertz CT molecular complexity index is 1430. The zero-order valence-electron chi connectivity index (χ0n) is 19.8. The number of aromatic nitrogens is 2. The number of methoxy groups -OCH3 is 3. The molecule has 0 atom stereocenters. The van der Waals surface area contributed by atoms with Gasteiger partial charge < -0.3 is 24.3 Å². The van der Waals surface area contributed by atoms with Crippen molar-refractivity contribution in [3.63, 3.8) is 0 Å². The Hall–Kier alpha value is -4.53. The van der Waals surface area contributed by atoms with E-state index in [1.54, 1.807) is 81.8 Å². The van der Waals surface area contributed by atoms with Crippen LogP contribution in [0.25, 0.3) is 16.6 Å². The maximum Gasteiger partial charge on any atom is 0.266 e. The summed E-state index contributed by atoms with van der Waals surface area (Å²) < 4.78 is 22.8. The van der Waals surface area contributed by atoms with Crippen molar-refractivity contribution in [2.24, 2.45) is 0 Å². The number of hydrogen-bond acceptors (Lipinski definition) is 7. The molecule has 0 fully saturated rings. The monoisotopic (exact) mass is 475 g/mol. The molecule has 35 heavy (non-hydrogen) atoms. The van der Waals surface area contributed by atoms with Gasteiger partial charge in [0.15, 0.2) is 6.61 Å². The second kappa shape index (κ2) is 10.2. The van der Waals surface area contributed by atoms with Crippen LogP contribution in [0.3, 0.4) is 0 Å². The van der Waals surface area contributed by atoms with Crippen LogP contribution in [0, 0.1) is 6.92 Å². The Balaban J connectivity index is 1.54. The van der Waals surface area contributed by atoms with Crippen molar-refractivity contribution in [1.82, 2.24) is 9.55 Å². The van der Waals surface area contributed by atoms with E-state index in [0.29, 0.717) is 51.1 Å². The summed E-state index contributed by atoms with van der Waals surface area (Å²) in [7, 11) is 4.64. The molecular formula is C26H25N3O6. The molecule has 0 unspecified atom stereocenters. The van der Waals surface area contributed by atoms with Crippen LogP contribution in [0.4, 0.5) is 5.69 Å². The summed E-state index contributed by atoms with van der Waals surface area (Å²) in [6, 6.07) is 17.2. The second-order valence-electron chi connectivity index (χ2n) is 7.58. The highest BCUT2D eigenvalue weighted by molar-refractivity contribution is 5.93. The first-order chi connectivity index (χ1) is 16.9. The summed E-state index contributed by atoms with van der Waals surface area (Å²) in [5.74, 6) is 2.30. The van der Waals surface area contributed by atoms with Crippen molar-refractivity contribution in [2.45, 2.75) is 6.92 Å². The van der Waals surface area contributed by atoms with Gasteiger partial charge in [-0.1, -0.05) is 0 Å². The number of anilines is 1. The van der Waals surface area contributed by atoms with Crippen LogP contribution >= 0.6 is 0 Å². The number of rotatable bonds is 8. The van der Waals surface area contributed by atoms with Gasteiger partial charge in [-0.05, 0) is 61.5 Å². The van der Waals surface area contributed by atoms with E-state index in [4.69, 9.17) is 18.9 Å². The molecule has 0 aliphatic rings. The third kappa shape index (κ3) is 5.03. The fraction of sp³-hybridized carbons (Fsp3) is 0.192. The van der Waals surface area contributed by atoms with E-state index in [2.05, 4.69) is 10.3 Å². The number of fused-ring (bicyclic) bond motifs is 1. The van der Waals surface area contributed by atoms with Crippen molar-refractivity contribution >= 4 is 22.5 Å². The lowest BCUT2D eigenvalue weighted by Gasteiger charge is -2.13. The van der Waals surface area contributed by atoms with Crippen molar-refractivity contribution in [3.05, 3.63) is 76.8 Å². The molecule has 180 valence electrons. The predicted octanol–water partition coefficient (Wildman–Crippen LogP) is 3.74. The summed E-state index contributed by atoms with van der Waals surface area (Å²) in [6.07, 6.45) is 0. The molecule has 0 saturated heterocycles. The molecule has 1 N–H and O–H groups in total. The highest BCUT2D eigenvalue weighted by Crippen LogP contribution is 2.29. The van der Waals surface area contributed by atoms with Crippen LogP contribution in [0.15, 0.2) is 65.5 Å². The van der Waals surface area contributed by atoms with Gasteiger partial charge >= 0.3 is 0 Å². The third-order valence-electron chi connectivity index (χ3n) is 5.39. The van der Waals surface area contributed by atoms with Gasteiger partial charge in [0.2, 0.25) is 0 Å². The van der Waals surface area contributed by atoms with Crippen molar-refractivity contribution in [3.8, 4) is 28.7 Å². The molecule has 0 spiro atoms. The SMILES string of the molecule is COc1ccc(-n2c(C)nc3ccc(OCC(=O)Nc4ccc(OC)cc4OC)cc3c2=O)cc1. The maximum absolute atomic E-state index is 13.3. The van der Waals surface area contributed by atoms with E-state index in [-0.39, 0.29) is 18.1 Å². The Morgan fingerprint density at radius 3 is 2.26 bits per heavy atom. The number of amides is 1. The van der Waals surface area contributed by atoms with Crippen LogP contribution in [0.5, 0.6) is 23.0 Å². The first-order valence-electron chi connectivity index (χ1n) is 10.8. The van der Waals surface area contributed by atoms with Gasteiger partial charge in [-0.3, -0.25) is 14.2 Å². The van der Waals surface area contributed by atoms with Gasteiger partial charge in [0, 0.05) is 6.07 Å². The second-order valence-corrected chi connectivity index (χ2v) is 7.58. The molecular weight excluding hydrogens is 450 g/mol. The molecule has 9 heteroatoms.